The standard InChI is InChI=1S/C16H19ClN2O4S/c1-9(2)7-18-14(20)8-23-15(21)6-13-16(22)19-11-5-10(17)3-4-12(11)24-13/h3-5,9,13H,6-8H2,1-2H3,(H,18,20)(H,19,22). The number of benzene rings is 1. The molecule has 1 atom stereocenters. The number of ether oxygens (including phenoxy) is 1. The maximum atomic E-state index is 12.1. The molecule has 0 radical (unpaired) electrons. The number of nitrogens with one attached hydrogen (secondary N) is 2. The zero-order chi connectivity index (χ0) is 17.7. The lowest BCUT2D eigenvalue weighted by atomic mass is 10.2. The van der Waals surface area contributed by atoms with Crippen LogP contribution in [0.4, 0.5) is 5.69 Å². The Kier molecular flexibility index (Phi) is 6.51. The first-order valence-electron chi connectivity index (χ1n) is 7.54. The molecule has 2 rings (SSSR count). The van der Waals surface area contributed by atoms with Crippen LogP contribution in [0.25, 0.3) is 0 Å². The van der Waals surface area contributed by atoms with Crippen molar-refractivity contribution in [3.63, 3.8) is 0 Å². The van der Waals surface area contributed by atoms with Gasteiger partial charge >= 0.3 is 5.97 Å². The summed E-state index contributed by atoms with van der Waals surface area (Å²) in [5.74, 6) is -0.894. The third-order valence-corrected chi connectivity index (χ3v) is 4.70. The second-order valence-electron chi connectivity index (χ2n) is 5.80. The highest BCUT2D eigenvalue weighted by Crippen LogP contribution is 2.38. The van der Waals surface area contributed by atoms with Gasteiger partial charge in [-0.25, -0.2) is 0 Å². The minimum atomic E-state index is -0.593. The van der Waals surface area contributed by atoms with Gasteiger partial charge in [0.05, 0.1) is 17.4 Å². The van der Waals surface area contributed by atoms with E-state index in [1.807, 2.05) is 13.8 Å². The summed E-state index contributed by atoms with van der Waals surface area (Å²) in [4.78, 5) is 36.3. The number of carbonyl (C=O) groups excluding carboxylic acids is 3. The number of amides is 2. The van der Waals surface area contributed by atoms with E-state index < -0.39 is 11.2 Å². The predicted octanol–water partition coefficient (Wildman–Crippen LogP) is 2.46. The van der Waals surface area contributed by atoms with Crippen molar-refractivity contribution in [2.24, 2.45) is 5.92 Å². The molecule has 1 aliphatic heterocycles. The average Bonchev–Trinajstić information content (AvgIpc) is 2.52. The smallest absolute Gasteiger partial charge is 0.307 e. The second kappa shape index (κ2) is 8.39. The minimum absolute atomic E-state index is 0.101. The summed E-state index contributed by atoms with van der Waals surface area (Å²) in [5, 5.41) is 5.31. The molecule has 0 fully saturated rings. The first kappa shape index (κ1) is 18.6. The van der Waals surface area contributed by atoms with Crippen molar-refractivity contribution < 1.29 is 19.1 Å². The van der Waals surface area contributed by atoms with Crippen LogP contribution in [0.15, 0.2) is 23.1 Å². The Morgan fingerprint density at radius 1 is 1.42 bits per heavy atom. The lowest BCUT2D eigenvalue weighted by molar-refractivity contribution is -0.149. The lowest BCUT2D eigenvalue weighted by Gasteiger charge is -2.23. The molecule has 0 saturated carbocycles. The normalized spacial score (nSPS) is 16.3. The maximum absolute atomic E-state index is 12.1. The highest BCUT2D eigenvalue weighted by molar-refractivity contribution is 8.01. The van der Waals surface area contributed by atoms with Crippen LogP contribution in [0.5, 0.6) is 0 Å². The summed E-state index contributed by atoms with van der Waals surface area (Å²) in [6.45, 7) is 4.12. The van der Waals surface area contributed by atoms with E-state index in [0.717, 1.165) is 4.90 Å². The van der Waals surface area contributed by atoms with E-state index >= 15 is 0 Å². The zero-order valence-electron chi connectivity index (χ0n) is 13.4. The van der Waals surface area contributed by atoms with E-state index in [9.17, 15) is 14.4 Å². The first-order valence-corrected chi connectivity index (χ1v) is 8.80. The van der Waals surface area contributed by atoms with Crippen LogP contribution in [0.1, 0.15) is 20.3 Å². The fourth-order valence-electron chi connectivity index (χ4n) is 1.98. The number of halogens is 1. The van der Waals surface area contributed by atoms with Gasteiger partial charge in [-0.15, -0.1) is 11.8 Å². The molecule has 130 valence electrons. The summed E-state index contributed by atoms with van der Waals surface area (Å²) < 4.78 is 4.93. The van der Waals surface area contributed by atoms with E-state index in [0.29, 0.717) is 23.2 Å². The van der Waals surface area contributed by atoms with Gasteiger partial charge in [0.2, 0.25) is 5.91 Å². The molecule has 2 N–H and O–H groups in total. The van der Waals surface area contributed by atoms with E-state index in [1.165, 1.54) is 11.8 Å². The Hall–Kier alpha value is -1.73. The highest BCUT2D eigenvalue weighted by Gasteiger charge is 2.29. The van der Waals surface area contributed by atoms with Crippen LogP contribution >= 0.6 is 23.4 Å². The Morgan fingerprint density at radius 3 is 2.88 bits per heavy atom. The van der Waals surface area contributed by atoms with Gasteiger partial charge in [-0.05, 0) is 24.1 Å². The second-order valence-corrected chi connectivity index (χ2v) is 7.48. The molecule has 1 heterocycles. The number of carbonyl (C=O) groups is 3. The number of esters is 1. The number of rotatable bonds is 6. The van der Waals surface area contributed by atoms with Gasteiger partial charge in [-0.3, -0.25) is 14.4 Å². The number of fused-ring (bicyclic) bond motifs is 1. The molecule has 6 nitrogen and oxygen atoms in total. The molecular weight excluding hydrogens is 352 g/mol. The third kappa shape index (κ3) is 5.42. The molecule has 0 saturated heterocycles. The largest absolute Gasteiger partial charge is 0.456 e. The van der Waals surface area contributed by atoms with Gasteiger partial charge in [0.1, 0.15) is 0 Å². The van der Waals surface area contributed by atoms with Crippen LogP contribution in [0, 0.1) is 5.92 Å². The molecule has 8 heteroatoms. The zero-order valence-corrected chi connectivity index (χ0v) is 15.0. The molecule has 1 aromatic carbocycles. The number of anilines is 1. The van der Waals surface area contributed by atoms with E-state index in [2.05, 4.69) is 10.6 Å². The summed E-state index contributed by atoms with van der Waals surface area (Å²) >= 11 is 7.17. The molecule has 1 unspecified atom stereocenters. The van der Waals surface area contributed by atoms with Crippen molar-refractivity contribution >= 4 is 46.8 Å². The predicted molar refractivity (Wildman–Crippen MR) is 93.2 cm³/mol. The number of thioether (sulfide) groups is 1. The molecule has 0 bridgehead atoms. The summed E-state index contributed by atoms with van der Waals surface area (Å²) in [6.07, 6.45) is -0.101. The molecule has 0 aliphatic carbocycles. The number of hydrogen-bond donors (Lipinski definition) is 2. The molecule has 2 amide bonds. The van der Waals surface area contributed by atoms with Crippen LogP contribution in [0.3, 0.4) is 0 Å². The molecular formula is C16H19ClN2O4S. The monoisotopic (exact) mass is 370 g/mol. The summed E-state index contributed by atoms with van der Waals surface area (Å²) in [5.41, 5.74) is 0.634. The van der Waals surface area contributed by atoms with Gasteiger partial charge < -0.3 is 15.4 Å². The first-order chi connectivity index (χ1) is 11.3. The molecule has 0 spiro atoms. The Balaban J connectivity index is 1.83. The third-order valence-electron chi connectivity index (χ3n) is 3.18. The lowest BCUT2D eigenvalue weighted by Crippen LogP contribution is -2.34. The highest BCUT2D eigenvalue weighted by atomic mass is 35.5. The Morgan fingerprint density at radius 2 is 2.17 bits per heavy atom. The quantitative estimate of drug-likeness (QED) is 0.751. The topological polar surface area (TPSA) is 84.5 Å². The van der Waals surface area contributed by atoms with E-state index in [-0.39, 0.29) is 24.8 Å². The SMILES string of the molecule is CC(C)CNC(=O)COC(=O)CC1Sc2ccc(Cl)cc2NC1=O. The van der Waals surface area contributed by atoms with Gasteiger partial charge in [0.15, 0.2) is 6.61 Å². The molecule has 1 aromatic rings. The van der Waals surface area contributed by atoms with Gasteiger partial charge in [-0.2, -0.15) is 0 Å². The Labute approximate surface area is 149 Å². The van der Waals surface area contributed by atoms with Gasteiger partial charge in [0, 0.05) is 16.5 Å². The van der Waals surface area contributed by atoms with Crippen molar-refractivity contribution in [1.29, 1.82) is 0 Å². The fraction of sp³-hybridized carbons (Fsp3) is 0.438. The van der Waals surface area contributed by atoms with Crippen LogP contribution < -0.4 is 10.6 Å². The average molecular weight is 371 g/mol. The maximum Gasteiger partial charge on any atom is 0.307 e. The van der Waals surface area contributed by atoms with Gasteiger partial charge in [0.25, 0.3) is 5.91 Å². The fourth-order valence-corrected chi connectivity index (χ4v) is 3.23. The van der Waals surface area contributed by atoms with E-state index in [4.69, 9.17) is 16.3 Å². The van der Waals surface area contributed by atoms with Crippen molar-refractivity contribution in [3.05, 3.63) is 23.2 Å². The minimum Gasteiger partial charge on any atom is -0.456 e. The van der Waals surface area contributed by atoms with Gasteiger partial charge in [-0.1, -0.05) is 25.4 Å². The van der Waals surface area contributed by atoms with Crippen molar-refractivity contribution in [3.8, 4) is 0 Å². The molecule has 24 heavy (non-hydrogen) atoms. The van der Waals surface area contributed by atoms with Crippen molar-refractivity contribution in [2.45, 2.75) is 30.4 Å². The summed E-state index contributed by atoms with van der Waals surface area (Å²) in [6, 6.07) is 5.17. The summed E-state index contributed by atoms with van der Waals surface area (Å²) in [7, 11) is 0. The number of hydrogen-bond acceptors (Lipinski definition) is 5. The van der Waals surface area contributed by atoms with Crippen LogP contribution in [-0.2, 0) is 19.1 Å². The van der Waals surface area contributed by atoms with Crippen molar-refractivity contribution in [2.75, 3.05) is 18.5 Å². The van der Waals surface area contributed by atoms with Crippen molar-refractivity contribution in [1.82, 2.24) is 5.32 Å². The Bertz CT molecular complexity index is 651. The van der Waals surface area contributed by atoms with Crippen LogP contribution in [0.2, 0.25) is 5.02 Å². The molecule has 1 aliphatic rings. The van der Waals surface area contributed by atoms with E-state index in [1.54, 1.807) is 18.2 Å². The molecule has 0 aromatic heterocycles. The van der Waals surface area contributed by atoms with Crippen LogP contribution in [-0.4, -0.2) is 36.2 Å².